The minimum absolute atomic E-state index is 0.0789. The van der Waals surface area contributed by atoms with Crippen LogP contribution in [0, 0.1) is 17.6 Å². The van der Waals surface area contributed by atoms with E-state index < -0.39 is 26.6 Å². The van der Waals surface area contributed by atoms with E-state index in [1.807, 2.05) is 17.0 Å². The number of carbonyl (C=O) groups is 1. The Hall–Kier alpha value is -2.32. The predicted molar refractivity (Wildman–Crippen MR) is 122 cm³/mol. The molecule has 0 radical (unpaired) electrons. The Balaban J connectivity index is 1.44. The second-order valence-corrected chi connectivity index (χ2v) is 10.9. The summed E-state index contributed by atoms with van der Waals surface area (Å²) < 4.78 is 54.5. The largest absolute Gasteiger partial charge is 0.339 e. The SMILES string of the molecule is CCCN(C(=O)C1CCN(S(=O)(=O)c2cc(F)ccc2F)CC1)C1CCc2ccccc2C1. The summed E-state index contributed by atoms with van der Waals surface area (Å²) in [5.41, 5.74) is 2.64. The van der Waals surface area contributed by atoms with E-state index in [9.17, 15) is 22.0 Å². The maximum atomic E-state index is 14.1. The minimum Gasteiger partial charge on any atom is -0.339 e. The first-order valence-electron chi connectivity index (χ1n) is 11.6. The molecule has 1 unspecified atom stereocenters. The van der Waals surface area contributed by atoms with Crippen molar-refractivity contribution in [2.45, 2.75) is 56.4 Å². The molecular weight excluding hydrogens is 446 g/mol. The van der Waals surface area contributed by atoms with E-state index in [0.29, 0.717) is 25.5 Å². The van der Waals surface area contributed by atoms with Gasteiger partial charge < -0.3 is 4.90 Å². The molecule has 0 bridgehead atoms. The van der Waals surface area contributed by atoms with Gasteiger partial charge in [-0.05, 0) is 67.9 Å². The molecule has 1 saturated heterocycles. The fourth-order valence-electron chi connectivity index (χ4n) is 5.05. The first-order valence-corrected chi connectivity index (χ1v) is 13.1. The second kappa shape index (κ2) is 9.89. The second-order valence-electron chi connectivity index (χ2n) is 8.95. The van der Waals surface area contributed by atoms with Crippen molar-refractivity contribution in [3.63, 3.8) is 0 Å². The summed E-state index contributed by atoms with van der Waals surface area (Å²) in [6, 6.07) is 10.9. The number of nitrogens with zero attached hydrogens (tertiary/aromatic N) is 2. The summed E-state index contributed by atoms with van der Waals surface area (Å²) in [5, 5.41) is 0. The Morgan fingerprint density at radius 1 is 1.06 bits per heavy atom. The van der Waals surface area contributed by atoms with Crippen LogP contribution in [-0.4, -0.2) is 49.2 Å². The van der Waals surface area contributed by atoms with Crippen molar-refractivity contribution < 1.29 is 22.0 Å². The molecular formula is C25H30F2N2O3S. The van der Waals surface area contributed by atoms with Gasteiger partial charge in [0.1, 0.15) is 16.5 Å². The Bertz CT molecular complexity index is 1110. The van der Waals surface area contributed by atoms with E-state index in [0.717, 1.165) is 42.1 Å². The number of halogens is 2. The fourth-order valence-corrected chi connectivity index (χ4v) is 6.60. The zero-order chi connectivity index (χ0) is 23.6. The number of piperidine rings is 1. The van der Waals surface area contributed by atoms with E-state index >= 15 is 0 Å². The van der Waals surface area contributed by atoms with E-state index in [4.69, 9.17) is 0 Å². The lowest BCUT2D eigenvalue weighted by molar-refractivity contribution is -0.139. The number of benzene rings is 2. The highest BCUT2D eigenvalue weighted by Crippen LogP contribution is 2.30. The van der Waals surface area contributed by atoms with Crippen molar-refractivity contribution in [3.05, 3.63) is 65.2 Å². The van der Waals surface area contributed by atoms with Crippen molar-refractivity contribution in [1.82, 2.24) is 9.21 Å². The summed E-state index contributed by atoms with van der Waals surface area (Å²) in [7, 11) is -4.16. The highest BCUT2D eigenvalue weighted by molar-refractivity contribution is 7.89. The van der Waals surface area contributed by atoms with Gasteiger partial charge in [-0.15, -0.1) is 0 Å². The topological polar surface area (TPSA) is 57.7 Å². The van der Waals surface area contributed by atoms with Crippen LogP contribution in [0.1, 0.15) is 43.7 Å². The van der Waals surface area contributed by atoms with Gasteiger partial charge in [0, 0.05) is 31.6 Å². The van der Waals surface area contributed by atoms with E-state index in [2.05, 4.69) is 19.1 Å². The lowest BCUT2D eigenvalue weighted by Gasteiger charge is -2.39. The molecule has 33 heavy (non-hydrogen) atoms. The number of hydrogen-bond acceptors (Lipinski definition) is 3. The van der Waals surface area contributed by atoms with Gasteiger partial charge in [0.25, 0.3) is 0 Å². The van der Waals surface area contributed by atoms with Gasteiger partial charge in [0.15, 0.2) is 0 Å². The Labute approximate surface area is 194 Å². The summed E-state index contributed by atoms with van der Waals surface area (Å²) in [5.74, 6) is -1.96. The van der Waals surface area contributed by atoms with Crippen LogP contribution in [0.3, 0.4) is 0 Å². The zero-order valence-corrected chi connectivity index (χ0v) is 19.7. The van der Waals surface area contributed by atoms with Crippen LogP contribution in [0.5, 0.6) is 0 Å². The van der Waals surface area contributed by atoms with Crippen LogP contribution in [0.4, 0.5) is 8.78 Å². The van der Waals surface area contributed by atoms with Crippen molar-refractivity contribution in [2.24, 2.45) is 5.92 Å². The number of carbonyl (C=O) groups excluding carboxylic acids is 1. The van der Waals surface area contributed by atoms with E-state index in [-0.39, 0.29) is 31.0 Å². The van der Waals surface area contributed by atoms with Gasteiger partial charge >= 0.3 is 0 Å². The predicted octanol–water partition coefficient (Wildman–Crippen LogP) is 4.16. The molecule has 1 aliphatic carbocycles. The van der Waals surface area contributed by atoms with Gasteiger partial charge in [0.05, 0.1) is 0 Å². The number of rotatable bonds is 6. The Kier molecular flexibility index (Phi) is 7.14. The highest BCUT2D eigenvalue weighted by Gasteiger charge is 2.37. The minimum atomic E-state index is -4.16. The summed E-state index contributed by atoms with van der Waals surface area (Å²) in [6.45, 7) is 2.96. The number of hydrogen-bond donors (Lipinski definition) is 0. The maximum Gasteiger partial charge on any atom is 0.246 e. The molecule has 2 aliphatic rings. The third-order valence-electron chi connectivity index (χ3n) is 6.82. The van der Waals surface area contributed by atoms with Crippen LogP contribution >= 0.6 is 0 Å². The summed E-state index contributed by atoms with van der Waals surface area (Å²) in [6.07, 6.45) is 4.32. The monoisotopic (exact) mass is 476 g/mol. The quantitative estimate of drug-likeness (QED) is 0.629. The normalized spacial score (nSPS) is 19.8. The van der Waals surface area contributed by atoms with E-state index in [1.54, 1.807) is 0 Å². The molecule has 2 aromatic carbocycles. The molecule has 5 nitrogen and oxygen atoms in total. The fraction of sp³-hybridized carbons (Fsp3) is 0.480. The van der Waals surface area contributed by atoms with E-state index in [1.165, 1.54) is 11.1 Å². The average molecular weight is 477 g/mol. The van der Waals surface area contributed by atoms with Crippen molar-refractivity contribution >= 4 is 15.9 Å². The number of amides is 1. The smallest absolute Gasteiger partial charge is 0.246 e. The molecule has 178 valence electrons. The van der Waals surface area contributed by atoms with Crippen LogP contribution in [0.25, 0.3) is 0 Å². The molecule has 0 saturated carbocycles. The van der Waals surface area contributed by atoms with Gasteiger partial charge in [-0.2, -0.15) is 4.31 Å². The van der Waals surface area contributed by atoms with Crippen molar-refractivity contribution in [3.8, 4) is 0 Å². The maximum absolute atomic E-state index is 14.1. The number of fused-ring (bicyclic) bond motifs is 1. The van der Waals surface area contributed by atoms with Crippen LogP contribution in [-0.2, 0) is 27.7 Å². The van der Waals surface area contributed by atoms with Crippen LogP contribution < -0.4 is 0 Å². The highest BCUT2D eigenvalue weighted by atomic mass is 32.2. The molecule has 1 amide bonds. The summed E-state index contributed by atoms with van der Waals surface area (Å²) in [4.78, 5) is 14.8. The Morgan fingerprint density at radius 3 is 2.45 bits per heavy atom. The lowest BCUT2D eigenvalue weighted by atomic mass is 9.86. The number of aryl methyl sites for hydroxylation is 1. The first-order chi connectivity index (χ1) is 15.8. The molecule has 0 N–H and O–H groups in total. The first kappa shape index (κ1) is 23.8. The van der Waals surface area contributed by atoms with Gasteiger partial charge in [0.2, 0.25) is 15.9 Å². The molecule has 1 heterocycles. The van der Waals surface area contributed by atoms with Gasteiger partial charge in [-0.1, -0.05) is 31.2 Å². The standard InChI is InChI=1S/C25H30F2N2O3S/c1-2-13-29(22-9-7-18-5-3-4-6-20(18)16-22)25(30)19-11-14-28(15-12-19)33(31,32)24-17-21(26)8-10-23(24)27/h3-6,8,10,17,19,22H,2,7,9,11-16H2,1H3. The Morgan fingerprint density at radius 2 is 1.76 bits per heavy atom. The van der Waals surface area contributed by atoms with Crippen molar-refractivity contribution in [1.29, 1.82) is 0 Å². The van der Waals surface area contributed by atoms with Gasteiger partial charge in [-0.3, -0.25) is 4.79 Å². The molecule has 8 heteroatoms. The van der Waals surface area contributed by atoms with Crippen molar-refractivity contribution in [2.75, 3.05) is 19.6 Å². The van der Waals surface area contributed by atoms with Crippen LogP contribution in [0.2, 0.25) is 0 Å². The molecule has 2 aromatic rings. The third kappa shape index (κ3) is 4.96. The van der Waals surface area contributed by atoms with Gasteiger partial charge in [-0.25, -0.2) is 17.2 Å². The molecule has 1 aliphatic heterocycles. The lowest BCUT2D eigenvalue weighted by Crippen LogP contribution is -2.49. The third-order valence-corrected chi connectivity index (χ3v) is 8.74. The zero-order valence-electron chi connectivity index (χ0n) is 18.8. The molecule has 4 rings (SSSR count). The van der Waals surface area contributed by atoms with Crippen LogP contribution in [0.15, 0.2) is 47.4 Å². The molecule has 0 spiro atoms. The number of sulfonamides is 1. The average Bonchev–Trinajstić information content (AvgIpc) is 2.83. The molecule has 1 atom stereocenters. The molecule has 1 fully saturated rings. The molecule has 0 aromatic heterocycles. The summed E-state index contributed by atoms with van der Waals surface area (Å²) >= 11 is 0.